The summed E-state index contributed by atoms with van der Waals surface area (Å²) in [5.74, 6) is -0.639. The van der Waals surface area contributed by atoms with Crippen molar-refractivity contribution in [3.05, 3.63) is 41.8 Å². The molecule has 0 heterocycles. The zero-order valence-corrected chi connectivity index (χ0v) is 13.0. The average Bonchev–Trinajstić information content (AvgIpc) is 2.44. The Morgan fingerprint density at radius 2 is 1.80 bits per heavy atom. The zero-order chi connectivity index (χ0) is 15.4. The molecule has 0 amide bonds. The van der Waals surface area contributed by atoms with Gasteiger partial charge in [0.1, 0.15) is 0 Å². The fraction of sp³-hybridized carbons (Fsp3) is 0.400. The summed E-state index contributed by atoms with van der Waals surface area (Å²) in [4.78, 5) is 11.9. The Morgan fingerprint density at radius 3 is 2.30 bits per heavy atom. The number of ether oxygens (including phenoxy) is 1. The lowest BCUT2D eigenvalue weighted by atomic mass is 9.80. The predicted molar refractivity (Wildman–Crippen MR) is 77.7 cm³/mol. The number of rotatable bonds is 5. The van der Waals surface area contributed by atoms with Crippen LogP contribution < -0.4 is 0 Å². The molecule has 0 radical (unpaired) electrons. The minimum absolute atomic E-state index is 0.235. The molecule has 20 heavy (non-hydrogen) atoms. The quantitative estimate of drug-likeness (QED) is 0.784. The van der Waals surface area contributed by atoms with Gasteiger partial charge in [-0.15, -0.1) is 0 Å². The van der Waals surface area contributed by atoms with Crippen molar-refractivity contribution in [3.63, 3.8) is 0 Å². The van der Waals surface area contributed by atoms with Crippen molar-refractivity contribution < 1.29 is 17.9 Å². The monoisotopic (exact) mass is 296 g/mol. The molecule has 1 atom stereocenters. The van der Waals surface area contributed by atoms with E-state index in [-0.39, 0.29) is 16.8 Å². The molecule has 0 aliphatic rings. The fourth-order valence-corrected chi connectivity index (χ4v) is 2.74. The second kappa shape index (κ2) is 6.22. The molecule has 0 aromatic heterocycles. The molecular weight excluding hydrogens is 276 g/mol. The van der Waals surface area contributed by atoms with E-state index in [4.69, 9.17) is 4.74 Å². The highest BCUT2D eigenvalue weighted by Gasteiger charge is 2.33. The predicted octanol–water partition coefficient (Wildman–Crippen LogP) is 2.81. The number of carbonyl (C=O) groups excluding carboxylic acids is 1. The number of allylic oxidation sites excluding steroid dienone is 1. The minimum Gasteiger partial charge on any atom is -0.469 e. The summed E-state index contributed by atoms with van der Waals surface area (Å²) in [5, 5.41) is 1.15. The van der Waals surface area contributed by atoms with Gasteiger partial charge in [0.25, 0.3) is 0 Å². The molecule has 0 bridgehead atoms. The Labute approximate surface area is 120 Å². The molecule has 0 fully saturated rings. The van der Waals surface area contributed by atoms with Crippen LogP contribution in [0.2, 0.25) is 0 Å². The molecule has 0 spiro atoms. The molecule has 0 saturated carbocycles. The molecule has 0 N–H and O–H groups in total. The molecule has 1 rings (SSSR count). The maximum absolute atomic E-state index is 12.1. The van der Waals surface area contributed by atoms with Crippen molar-refractivity contribution in [2.24, 2.45) is 11.3 Å². The second-order valence-corrected chi connectivity index (χ2v) is 7.02. The number of esters is 1. The van der Waals surface area contributed by atoms with Crippen LogP contribution in [-0.2, 0) is 19.4 Å². The van der Waals surface area contributed by atoms with Gasteiger partial charge in [-0.25, -0.2) is 8.42 Å². The Bertz CT molecular complexity index is 586. The molecule has 4 nitrogen and oxygen atoms in total. The fourth-order valence-electron chi connectivity index (χ4n) is 1.60. The summed E-state index contributed by atoms with van der Waals surface area (Å²) in [6.45, 7) is 5.24. The first-order valence-electron chi connectivity index (χ1n) is 6.28. The molecular formula is C15H20O4S. The lowest BCUT2D eigenvalue weighted by Crippen LogP contribution is -2.31. The van der Waals surface area contributed by atoms with Crippen LogP contribution in [0.25, 0.3) is 0 Å². The Morgan fingerprint density at radius 1 is 1.25 bits per heavy atom. The van der Waals surface area contributed by atoms with Crippen LogP contribution in [0.4, 0.5) is 0 Å². The topological polar surface area (TPSA) is 60.4 Å². The first-order chi connectivity index (χ1) is 9.21. The van der Waals surface area contributed by atoms with Gasteiger partial charge in [0.05, 0.1) is 17.4 Å². The third-order valence-corrected chi connectivity index (χ3v) is 4.91. The van der Waals surface area contributed by atoms with E-state index in [0.29, 0.717) is 0 Å². The van der Waals surface area contributed by atoms with E-state index in [0.717, 1.165) is 5.41 Å². The first-order valence-corrected chi connectivity index (χ1v) is 7.83. The molecule has 0 unspecified atom stereocenters. The third kappa shape index (κ3) is 3.70. The van der Waals surface area contributed by atoms with E-state index in [2.05, 4.69) is 0 Å². The number of methoxy groups -OCH3 is 1. The van der Waals surface area contributed by atoms with Gasteiger partial charge in [-0.2, -0.15) is 0 Å². The number of carbonyl (C=O) groups is 1. The molecule has 5 heteroatoms. The van der Waals surface area contributed by atoms with Crippen LogP contribution in [0.5, 0.6) is 0 Å². The molecule has 0 saturated heterocycles. The highest BCUT2D eigenvalue weighted by Crippen LogP contribution is 2.29. The van der Waals surface area contributed by atoms with Gasteiger partial charge in [-0.05, 0) is 31.9 Å². The average molecular weight is 296 g/mol. The van der Waals surface area contributed by atoms with Crippen molar-refractivity contribution in [3.8, 4) is 0 Å². The summed E-state index contributed by atoms with van der Waals surface area (Å²) in [6, 6.07) is 8.17. The van der Waals surface area contributed by atoms with Crippen LogP contribution in [0.15, 0.2) is 46.7 Å². The van der Waals surface area contributed by atoms with E-state index >= 15 is 0 Å². The van der Waals surface area contributed by atoms with Gasteiger partial charge in [-0.3, -0.25) is 4.79 Å². The summed E-state index contributed by atoms with van der Waals surface area (Å²) < 4.78 is 28.9. The van der Waals surface area contributed by atoms with E-state index in [1.165, 1.54) is 25.3 Å². The molecule has 110 valence electrons. The number of hydrogen-bond donors (Lipinski definition) is 0. The summed E-state index contributed by atoms with van der Waals surface area (Å²) in [7, 11) is -2.16. The van der Waals surface area contributed by atoms with Crippen molar-refractivity contribution in [2.45, 2.75) is 25.7 Å². The van der Waals surface area contributed by atoms with Crippen molar-refractivity contribution >= 4 is 15.8 Å². The SMILES string of the molecule is COC(=O)C(C)(C)[C@@H](C)/C=C/S(=O)(=O)c1ccccc1. The molecule has 1 aromatic carbocycles. The standard InChI is InChI=1S/C15H20O4S/c1-12(15(2,3)14(16)19-4)10-11-20(17,18)13-8-6-5-7-9-13/h5-12H,1-4H3/b11-10+/t12-/m0/s1. The van der Waals surface area contributed by atoms with Gasteiger partial charge >= 0.3 is 5.97 Å². The largest absolute Gasteiger partial charge is 0.469 e. The summed E-state index contributed by atoms with van der Waals surface area (Å²) in [6.07, 6.45) is 1.53. The van der Waals surface area contributed by atoms with Crippen LogP contribution in [0.1, 0.15) is 20.8 Å². The van der Waals surface area contributed by atoms with Crippen LogP contribution in [0.3, 0.4) is 0 Å². The van der Waals surface area contributed by atoms with Crippen LogP contribution >= 0.6 is 0 Å². The summed E-state index contributed by atoms with van der Waals surface area (Å²) in [5.41, 5.74) is -0.780. The number of benzene rings is 1. The molecule has 0 aliphatic heterocycles. The van der Waals surface area contributed by atoms with Gasteiger partial charge in [0.2, 0.25) is 0 Å². The first kappa shape index (κ1) is 16.4. The van der Waals surface area contributed by atoms with Gasteiger partial charge in [-0.1, -0.05) is 31.2 Å². The van der Waals surface area contributed by atoms with E-state index in [1.54, 1.807) is 39.0 Å². The lowest BCUT2D eigenvalue weighted by molar-refractivity contribution is -0.152. The van der Waals surface area contributed by atoms with E-state index in [1.807, 2.05) is 0 Å². The Hall–Kier alpha value is -1.62. The molecule has 0 aliphatic carbocycles. The lowest BCUT2D eigenvalue weighted by Gasteiger charge is -2.26. The van der Waals surface area contributed by atoms with Gasteiger partial charge < -0.3 is 4.74 Å². The van der Waals surface area contributed by atoms with Crippen molar-refractivity contribution in [1.82, 2.24) is 0 Å². The van der Waals surface area contributed by atoms with Gasteiger partial charge in [0, 0.05) is 5.41 Å². The van der Waals surface area contributed by atoms with Crippen LogP contribution in [0, 0.1) is 11.3 Å². The second-order valence-electron chi connectivity index (χ2n) is 5.19. The van der Waals surface area contributed by atoms with Crippen LogP contribution in [-0.4, -0.2) is 21.5 Å². The highest BCUT2D eigenvalue weighted by molar-refractivity contribution is 7.94. The van der Waals surface area contributed by atoms with E-state index < -0.39 is 15.3 Å². The smallest absolute Gasteiger partial charge is 0.311 e. The number of hydrogen-bond acceptors (Lipinski definition) is 4. The summed E-state index contributed by atoms with van der Waals surface area (Å²) >= 11 is 0. The highest BCUT2D eigenvalue weighted by atomic mass is 32.2. The normalized spacial score (nSPS) is 14.2. The van der Waals surface area contributed by atoms with Crippen molar-refractivity contribution in [2.75, 3.05) is 7.11 Å². The van der Waals surface area contributed by atoms with Crippen molar-refractivity contribution in [1.29, 1.82) is 0 Å². The third-order valence-electron chi connectivity index (χ3n) is 3.47. The zero-order valence-electron chi connectivity index (χ0n) is 12.2. The number of sulfone groups is 1. The Balaban J connectivity index is 2.96. The van der Waals surface area contributed by atoms with E-state index in [9.17, 15) is 13.2 Å². The molecule has 1 aromatic rings. The minimum atomic E-state index is -3.48. The maximum atomic E-state index is 12.1. The maximum Gasteiger partial charge on any atom is 0.311 e. The Kier molecular flexibility index (Phi) is 5.11. The van der Waals surface area contributed by atoms with Gasteiger partial charge in [0.15, 0.2) is 9.84 Å².